The number of carbonyl (C=O) groups is 2. The lowest BCUT2D eigenvalue weighted by atomic mass is 10.2. The third-order valence-electron chi connectivity index (χ3n) is 4.88. The van der Waals surface area contributed by atoms with Crippen LogP contribution in [0.25, 0.3) is 0 Å². The molecule has 2 amide bonds. The summed E-state index contributed by atoms with van der Waals surface area (Å²) < 4.78 is 27.9. The molecule has 0 spiro atoms. The SMILES string of the molecule is CCN(Cc1ccccc1)C(=O)CNC(=O)c1cccc(S(=O)(=O)Nc2ccccc2Cl)c1. The second kappa shape index (κ2) is 11.0. The Morgan fingerprint density at radius 2 is 1.64 bits per heavy atom. The minimum Gasteiger partial charge on any atom is -0.343 e. The molecule has 2 N–H and O–H groups in total. The highest BCUT2D eigenvalue weighted by Crippen LogP contribution is 2.24. The van der Waals surface area contributed by atoms with Gasteiger partial charge in [-0.1, -0.05) is 60.1 Å². The smallest absolute Gasteiger partial charge is 0.261 e. The average molecular weight is 486 g/mol. The molecule has 0 saturated carbocycles. The number of benzene rings is 3. The monoisotopic (exact) mass is 485 g/mol. The number of para-hydroxylation sites is 1. The summed E-state index contributed by atoms with van der Waals surface area (Å²) in [5.74, 6) is -0.784. The number of nitrogens with zero attached hydrogens (tertiary/aromatic N) is 1. The van der Waals surface area contributed by atoms with Gasteiger partial charge in [0.1, 0.15) is 0 Å². The summed E-state index contributed by atoms with van der Waals surface area (Å²) >= 11 is 6.03. The number of halogens is 1. The quantitative estimate of drug-likeness (QED) is 0.480. The van der Waals surface area contributed by atoms with Crippen LogP contribution < -0.4 is 10.0 Å². The molecular formula is C24H24ClN3O4S. The van der Waals surface area contributed by atoms with E-state index < -0.39 is 15.9 Å². The number of nitrogens with one attached hydrogen (secondary N) is 2. The first-order chi connectivity index (χ1) is 15.8. The molecule has 0 aliphatic rings. The summed E-state index contributed by atoms with van der Waals surface area (Å²) in [7, 11) is -3.96. The molecule has 0 unspecified atom stereocenters. The van der Waals surface area contributed by atoms with Crippen LogP contribution in [0.1, 0.15) is 22.8 Å². The van der Waals surface area contributed by atoms with Crippen LogP contribution in [0.4, 0.5) is 5.69 Å². The van der Waals surface area contributed by atoms with Crippen molar-refractivity contribution in [2.75, 3.05) is 17.8 Å². The van der Waals surface area contributed by atoms with Crippen molar-refractivity contribution in [2.24, 2.45) is 0 Å². The summed E-state index contributed by atoms with van der Waals surface area (Å²) in [5.41, 5.74) is 1.34. The van der Waals surface area contributed by atoms with Crippen molar-refractivity contribution >= 4 is 39.1 Å². The highest BCUT2D eigenvalue weighted by atomic mass is 35.5. The third kappa shape index (κ3) is 6.57. The predicted molar refractivity (Wildman–Crippen MR) is 129 cm³/mol. The molecule has 0 atom stereocenters. The Labute approximate surface area is 198 Å². The summed E-state index contributed by atoms with van der Waals surface area (Å²) in [6, 6.07) is 21.6. The molecule has 3 aromatic carbocycles. The Balaban J connectivity index is 1.65. The average Bonchev–Trinajstić information content (AvgIpc) is 2.83. The van der Waals surface area contributed by atoms with Gasteiger partial charge in [0.15, 0.2) is 0 Å². The molecule has 33 heavy (non-hydrogen) atoms. The van der Waals surface area contributed by atoms with E-state index in [1.807, 2.05) is 37.3 Å². The second-order valence-electron chi connectivity index (χ2n) is 7.19. The zero-order valence-corrected chi connectivity index (χ0v) is 19.6. The largest absolute Gasteiger partial charge is 0.343 e. The molecule has 0 radical (unpaired) electrons. The maximum atomic E-state index is 12.7. The normalized spacial score (nSPS) is 11.0. The number of likely N-dealkylation sites (N-methyl/N-ethyl adjacent to an activating group) is 1. The van der Waals surface area contributed by atoms with Crippen LogP contribution in [-0.2, 0) is 21.4 Å². The fraction of sp³-hybridized carbons (Fsp3) is 0.167. The van der Waals surface area contributed by atoms with Gasteiger partial charge in [0, 0.05) is 18.7 Å². The molecule has 0 fully saturated rings. The molecule has 0 bridgehead atoms. The van der Waals surface area contributed by atoms with Gasteiger partial charge >= 0.3 is 0 Å². The van der Waals surface area contributed by atoms with Crippen molar-refractivity contribution in [2.45, 2.75) is 18.4 Å². The van der Waals surface area contributed by atoms with Crippen molar-refractivity contribution < 1.29 is 18.0 Å². The van der Waals surface area contributed by atoms with Crippen LogP contribution in [-0.4, -0.2) is 38.2 Å². The van der Waals surface area contributed by atoms with Crippen LogP contribution in [0.5, 0.6) is 0 Å². The van der Waals surface area contributed by atoms with E-state index in [-0.39, 0.29) is 33.6 Å². The number of rotatable bonds is 9. The molecule has 0 aliphatic carbocycles. The first kappa shape index (κ1) is 24.3. The molecular weight excluding hydrogens is 462 g/mol. The number of hydrogen-bond donors (Lipinski definition) is 2. The highest BCUT2D eigenvalue weighted by Gasteiger charge is 2.19. The lowest BCUT2D eigenvalue weighted by molar-refractivity contribution is -0.130. The molecule has 0 aliphatic heterocycles. The van der Waals surface area contributed by atoms with Gasteiger partial charge in [-0.15, -0.1) is 0 Å². The van der Waals surface area contributed by atoms with Gasteiger partial charge in [-0.2, -0.15) is 0 Å². The first-order valence-corrected chi connectivity index (χ1v) is 12.1. The number of hydrogen-bond acceptors (Lipinski definition) is 4. The summed E-state index contributed by atoms with van der Waals surface area (Å²) in [6.45, 7) is 2.59. The Kier molecular flexibility index (Phi) is 8.08. The molecule has 7 nitrogen and oxygen atoms in total. The minimum absolute atomic E-state index is 0.0966. The summed E-state index contributed by atoms with van der Waals surface area (Å²) in [4.78, 5) is 26.7. The molecule has 3 aromatic rings. The highest BCUT2D eigenvalue weighted by molar-refractivity contribution is 7.92. The van der Waals surface area contributed by atoms with E-state index in [1.165, 1.54) is 30.3 Å². The molecule has 172 valence electrons. The van der Waals surface area contributed by atoms with Crippen molar-refractivity contribution in [1.29, 1.82) is 0 Å². The van der Waals surface area contributed by atoms with E-state index in [0.717, 1.165) is 5.56 Å². The van der Waals surface area contributed by atoms with Gasteiger partial charge in [-0.25, -0.2) is 8.42 Å². The first-order valence-electron chi connectivity index (χ1n) is 10.3. The Morgan fingerprint density at radius 1 is 0.939 bits per heavy atom. The van der Waals surface area contributed by atoms with Gasteiger partial charge in [-0.3, -0.25) is 14.3 Å². The molecule has 9 heteroatoms. The zero-order valence-electron chi connectivity index (χ0n) is 18.0. The van der Waals surface area contributed by atoms with Gasteiger partial charge in [0.2, 0.25) is 5.91 Å². The summed E-state index contributed by atoms with van der Waals surface area (Å²) in [6.07, 6.45) is 0. The van der Waals surface area contributed by atoms with Crippen LogP contribution >= 0.6 is 11.6 Å². The van der Waals surface area contributed by atoms with Crippen molar-refractivity contribution in [1.82, 2.24) is 10.2 Å². The third-order valence-corrected chi connectivity index (χ3v) is 6.57. The maximum absolute atomic E-state index is 12.7. The van der Waals surface area contributed by atoms with E-state index in [9.17, 15) is 18.0 Å². The molecule has 3 rings (SSSR count). The molecule has 0 heterocycles. The predicted octanol–water partition coefficient (Wildman–Crippen LogP) is 3.92. The number of amides is 2. The van der Waals surface area contributed by atoms with Crippen LogP contribution in [0.3, 0.4) is 0 Å². The van der Waals surface area contributed by atoms with Crippen molar-refractivity contribution in [3.8, 4) is 0 Å². The molecule has 0 saturated heterocycles. The standard InChI is InChI=1S/C24H24ClN3O4S/c1-2-28(17-18-9-4-3-5-10-18)23(29)16-26-24(30)19-11-8-12-20(15-19)33(31,32)27-22-14-7-6-13-21(22)25/h3-15,27H,2,16-17H2,1H3,(H,26,30). The fourth-order valence-electron chi connectivity index (χ4n) is 3.10. The number of sulfonamides is 1. The van der Waals surface area contributed by atoms with Crippen molar-refractivity contribution in [3.05, 3.63) is 95.0 Å². The lowest BCUT2D eigenvalue weighted by Crippen LogP contribution is -2.39. The maximum Gasteiger partial charge on any atom is 0.261 e. The van der Waals surface area contributed by atoms with Crippen molar-refractivity contribution in [3.63, 3.8) is 0 Å². The van der Waals surface area contributed by atoms with Gasteiger partial charge in [0.05, 0.1) is 22.2 Å². The van der Waals surface area contributed by atoms with Gasteiger partial charge in [0.25, 0.3) is 15.9 Å². The van der Waals surface area contributed by atoms with E-state index >= 15 is 0 Å². The van der Waals surface area contributed by atoms with Crippen LogP contribution in [0.15, 0.2) is 83.8 Å². The van der Waals surface area contributed by atoms with Gasteiger partial charge < -0.3 is 10.2 Å². The number of anilines is 1. The van der Waals surface area contributed by atoms with E-state index in [0.29, 0.717) is 13.1 Å². The Morgan fingerprint density at radius 3 is 2.33 bits per heavy atom. The van der Waals surface area contributed by atoms with E-state index in [1.54, 1.807) is 23.1 Å². The van der Waals surface area contributed by atoms with Crippen LogP contribution in [0.2, 0.25) is 5.02 Å². The fourth-order valence-corrected chi connectivity index (χ4v) is 4.47. The second-order valence-corrected chi connectivity index (χ2v) is 9.28. The topological polar surface area (TPSA) is 95.6 Å². The summed E-state index contributed by atoms with van der Waals surface area (Å²) in [5, 5.41) is 2.82. The Bertz CT molecular complexity index is 1230. The minimum atomic E-state index is -3.96. The Hall–Kier alpha value is -3.36. The van der Waals surface area contributed by atoms with Crippen LogP contribution in [0, 0.1) is 0 Å². The molecule has 0 aromatic heterocycles. The van der Waals surface area contributed by atoms with Gasteiger partial charge in [-0.05, 0) is 42.8 Å². The van der Waals surface area contributed by atoms with E-state index in [2.05, 4.69) is 10.0 Å². The lowest BCUT2D eigenvalue weighted by Gasteiger charge is -2.21. The zero-order chi connectivity index (χ0) is 23.8. The number of carbonyl (C=O) groups excluding carboxylic acids is 2. The van der Waals surface area contributed by atoms with E-state index in [4.69, 9.17) is 11.6 Å².